The summed E-state index contributed by atoms with van der Waals surface area (Å²) < 4.78 is 3.66. The summed E-state index contributed by atoms with van der Waals surface area (Å²) in [5, 5.41) is 15.3. The molecule has 0 aliphatic carbocycles. The minimum absolute atomic E-state index is 0.134. The highest BCUT2D eigenvalue weighted by Crippen LogP contribution is 2.12. The Kier molecular flexibility index (Phi) is 3.40. The Morgan fingerprint density at radius 2 is 2.05 bits per heavy atom. The molecule has 0 spiro atoms. The zero-order valence-corrected chi connectivity index (χ0v) is 13.1. The lowest BCUT2D eigenvalue weighted by atomic mass is 10.2. The van der Waals surface area contributed by atoms with Crippen molar-refractivity contribution in [1.82, 2.24) is 29.7 Å². The van der Waals surface area contributed by atoms with E-state index in [0.717, 1.165) is 22.8 Å². The van der Waals surface area contributed by atoms with Gasteiger partial charge >= 0.3 is 0 Å². The van der Waals surface area contributed by atoms with Crippen LogP contribution in [0.1, 0.15) is 33.1 Å². The quantitative estimate of drug-likeness (QED) is 0.791. The average molecular weight is 298 g/mol. The summed E-state index contributed by atoms with van der Waals surface area (Å²) in [4.78, 5) is 12.3. The van der Waals surface area contributed by atoms with E-state index in [2.05, 4.69) is 20.6 Å². The van der Waals surface area contributed by atoms with Crippen molar-refractivity contribution >= 4 is 11.6 Å². The molecule has 1 amide bonds. The van der Waals surface area contributed by atoms with Crippen LogP contribution in [0.3, 0.4) is 0 Å². The first kappa shape index (κ1) is 14.2. The maximum atomic E-state index is 12.3. The highest BCUT2D eigenvalue weighted by molar-refractivity contribution is 5.95. The number of fused-ring (bicyclic) bond motifs is 1. The van der Waals surface area contributed by atoms with Crippen LogP contribution in [0.2, 0.25) is 0 Å². The van der Waals surface area contributed by atoms with Crippen molar-refractivity contribution in [3.8, 4) is 0 Å². The van der Waals surface area contributed by atoms with Crippen LogP contribution < -0.4 is 5.32 Å². The second-order valence-corrected chi connectivity index (χ2v) is 5.35. The molecule has 3 aromatic heterocycles. The molecule has 0 fully saturated rings. The zero-order chi connectivity index (χ0) is 15.9. The van der Waals surface area contributed by atoms with Crippen LogP contribution in [0.5, 0.6) is 0 Å². The van der Waals surface area contributed by atoms with E-state index in [1.54, 1.807) is 18.3 Å². The molecule has 22 heavy (non-hydrogen) atoms. The first-order chi connectivity index (χ1) is 10.5. The maximum Gasteiger partial charge on any atom is 0.251 e. The number of nitrogens with one attached hydrogen (secondary N) is 1. The third kappa shape index (κ3) is 2.34. The molecule has 0 atom stereocenters. The largest absolute Gasteiger partial charge is 0.348 e. The van der Waals surface area contributed by atoms with E-state index in [9.17, 15) is 4.79 Å². The molecule has 7 nitrogen and oxygen atoms in total. The van der Waals surface area contributed by atoms with E-state index in [1.807, 2.05) is 36.9 Å². The second kappa shape index (κ2) is 5.25. The number of aryl methyl sites for hydroxylation is 3. The van der Waals surface area contributed by atoms with E-state index in [1.165, 1.54) is 0 Å². The lowest BCUT2D eigenvalue weighted by Crippen LogP contribution is -2.23. The lowest BCUT2D eigenvalue weighted by molar-refractivity contribution is 0.0951. The van der Waals surface area contributed by atoms with Crippen molar-refractivity contribution in [3.63, 3.8) is 0 Å². The molecule has 3 heterocycles. The Hall–Kier alpha value is -2.70. The fourth-order valence-electron chi connectivity index (χ4n) is 2.50. The number of nitrogens with zero attached hydrogens (tertiary/aromatic N) is 5. The Bertz CT molecular complexity index is 860. The molecule has 0 aliphatic heterocycles. The number of rotatable bonds is 3. The van der Waals surface area contributed by atoms with Crippen molar-refractivity contribution in [1.29, 1.82) is 0 Å². The fourth-order valence-corrected chi connectivity index (χ4v) is 2.50. The summed E-state index contributed by atoms with van der Waals surface area (Å²) in [7, 11) is 1.90. The fraction of sp³-hybridized carbons (Fsp3) is 0.333. The summed E-state index contributed by atoms with van der Waals surface area (Å²) >= 11 is 0. The highest BCUT2D eigenvalue weighted by Gasteiger charge is 2.12. The van der Waals surface area contributed by atoms with Gasteiger partial charge in [0.2, 0.25) is 0 Å². The van der Waals surface area contributed by atoms with Gasteiger partial charge in [0.05, 0.1) is 5.69 Å². The lowest BCUT2D eigenvalue weighted by Gasteiger charge is -2.06. The number of carbonyl (C=O) groups is 1. The van der Waals surface area contributed by atoms with Crippen LogP contribution in [0.15, 0.2) is 18.3 Å². The van der Waals surface area contributed by atoms with E-state index in [-0.39, 0.29) is 5.91 Å². The summed E-state index contributed by atoms with van der Waals surface area (Å²) in [6.07, 6.45) is 1.81. The van der Waals surface area contributed by atoms with Gasteiger partial charge in [-0.2, -0.15) is 5.10 Å². The van der Waals surface area contributed by atoms with Crippen molar-refractivity contribution in [2.24, 2.45) is 7.05 Å². The van der Waals surface area contributed by atoms with Crippen molar-refractivity contribution in [2.75, 3.05) is 0 Å². The number of amides is 1. The van der Waals surface area contributed by atoms with Crippen molar-refractivity contribution in [3.05, 3.63) is 46.7 Å². The number of hydrogen-bond acceptors (Lipinski definition) is 4. The molecule has 0 bridgehead atoms. The smallest absolute Gasteiger partial charge is 0.251 e. The van der Waals surface area contributed by atoms with Gasteiger partial charge in [0.1, 0.15) is 5.82 Å². The van der Waals surface area contributed by atoms with Crippen LogP contribution in [0.4, 0.5) is 0 Å². The van der Waals surface area contributed by atoms with Gasteiger partial charge in [-0.05, 0) is 32.9 Å². The van der Waals surface area contributed by atoms with Gasteiger partial charge in [-0.1, -0.05) is 0 Å². The summed E-state index contributed by atoms with van der Waals surface area (Å²) in [6.45, 7) is 6.26. The van der Waals surface area contributed by atoms with Gasteiger partial charge in [0.25, 0.3) is 5.91 Å². The molecule has 1 N–H and O–H groups in total. The maximum absolute atomic E-state index is 12.3. The first-order valence-corrected chi connectivity index (χ1v) is 7.06. The number of carbonyl (C=O) groups excluding carboxylic acids is 1. The van der Waals surface area contributed by atoms with Crippen LogP contribution >= 0.6 is 0 Å². The van der Waals surface area contributed by atoms with Gasteiger partial charge < -0.3 is 5.32 Å². The van der Waals surface area contributed by atoms with Crippen LogP contribution in [0, 0.1) is 20.8 Å². The van der Waals surface area contributed by atoms with Crippen LogP contribution in [0.25, 0.3) is 5.65 Å². The predicted molar refractivity (Wildman–Crippen MR) is 81.6 cm³/mol. The van der Waals surface area contributed by atoms with E-state index >= 15 is 0 Å². The Balaban J connectivity index is 1.78. The molecule has 0 radical (unpaired) electrons. The SMILES string of the molecule is Cc1nn(C)c(C)c1CNC(=O)c1ccn2c(C)nnc2c1. The van der Waals surface area contributed by atoms with Gasteiger partial charge in [-0.15, -0.1) is 10.2 Å². The van der Waals surface area contributed by atoms with E-state index < -0.39 is 0 Å². The molecule has 3 aromatic rings. The van der Waals surface area contributed by atoms with Gasteiger partial charge in [-0.25, -0.2) is 0 Å². The van der Waals surface area contributed by atoms with Crippen molar-refractivity contribution < 1.29 is 4.79 Å². The summed E-state index contributed by atoms with van der Waals surface area (Å²) in [5.74, 6) is 0.661. The second-order valence-electron chi connectivity index (χ2n) is 5.35. The minimum Gasteiger partial charge on any atom is -0.348 e. The Morgan fingerprint density at radius 1 is 1.27 bits per heavy atom. The third-order valence-electron chi connectivity index (χ3n) is 3.93. The Morgan fingerprint density at radius 3 is 2.73 bits per heavy atom. The van der Waals surface area contributed by atoms with Gasteiger partial charge in [-0.3, -0.25) is 13.9 Å². The molecule has 0 unspecified atom stereocenters. The molecule has 7 heteroatoms. The van der Waals surface area contributed by atoms with Crippen LogP contribution in [-0.2, 0) is 13.6 Å². The molecular formula is C15H18N6O. The normalized spacial score (nSPS) is 11.1. The minimum atomic E-state index is -0.134. The number of aromatic nitrogens is 5. The number of hydrogen-bond donors (Lipinski definition) is 1. The van der Waals surface area contributed by atoms with E-state index in [0.29, 0.717) is 17.8 Å². The number of pyridine rings is 1. The van der Waals surface area contributed by atoms with Crippen LogP contribution in [-0.4, -0.2) is 30.3 Å². The molecule has 0 saturated carbocycles. The van der Waals surface area contributed by atoms with Gasteiger partial charge in [0.15, 0.2) is 5.65 Å². The monoisotopic (exact) mass is 298 g/mol. The topological polar surface area (TPSA) is 77.1 Å². The predicted octanol–water partition coefficient (Wildman–Crippen LogP) is 1.32. The summed E-state index contributed by atoms with van der Waals surface area (Å²) in [6, 6.07) is 3.50. The standard InChI is InChI=1S/C15H18N6O/c1-9-13(10(2)20(4)19-9)8-16-15(22)12-5-6-21-11(3)17-18-14(21)7-12/h5-7H,8H2,1-4H3,(H,16,22). The first-order valence-electron chi connectivity index (χ1n) is 7.06. The average Bonchev–Trinajstić information content (AvgIpc) is 2.98. The molecular weight excluding hydrogens is 280 g/mol. The van der Waals surface area contributed by atoms with E-state index in [4.69, 9.17) is 0 Å². The zero-order valence-electron chi connectivity index (χ0n) is 13.1. The molecule has 0 saturated heterocycles. The molecule has 3 rings (SSSR count). The van der Waals surface area contributed by atoms with Gasteiger partial charge in [0, 0.05) is 36.6 Å². The molecule has 0 aliphatic rings. The molecule has 0 aromatic carbocycles. The summed E-state index contributed by atoms with van der Waals surface area (Å²) in [5.41, 5.74) is 4.28. The highest BCUT2D eigenvalue weighted by atomic mass is 16.1. The van der Waals surface area contributed by atoms with Crippen molar-refractivity contribution in [2.45, 2.75) is 27.3 Å². The third-order valence-corrected chi connectivity index (χ3v) is 3.93. The molecule has 114 valence electrons. The Labute approximate surface area is 128 Å².